The maximum atomic E-state index is 11.8. The third kappa shape index (κ3) is 4.29. The summed E-state index contributed by atoms with van der Waals surface area (Å²) in [5, 5.41) is 13.1. The van der Waals surface area contributed by atoms with Gasteiger partial charge < -0.3 is 10.1 Å². The number of nitro benzene ring substituents is 1. The highest BCUT2D eigenvalue weighted by molar-refractivity contribution is 9.10. The third-order valence-corrected chi connectivity index (χ3v) is 3.75. The molecule has 0 heterocycles. The predicted molar refractivity (Wildman–Crippen MR) is 86.1 cm³/mol. The summed E-state index contributed by atoms with van der Waals surface area (Å²) in [5.74, 6) is 0.258. The van der Waals surface area contributed by atoms with Gasteiger partial charge in [0.05, 0.1) is 4.92 Å². The minimum atomic E-state index is -0.495. The zero-order valence-electron chi connectivity index (χ0n) is 11.7. The van der Waals surface area contributed by atoms with Crippen LogP contribution in [0.2, 0.25) is 0 Å². The average Bonchev–Trinajstić information content (AvgIpc) is 2.49. The number of halogens is 1. The Bertz CT molecular complexity index is 701. The van der Waals surface area contributed by atoms with Crippen molar-refractivity contribution in [3.05, 3.63) is 62.6 Å². The molecule has 0 aliphatic carbocycles. The Hall–Kier alpha value is -2.41. The van der Waals surface area contributed by atoms with E-state index >= 15 is 0 Å². The number of amides is 1. The first-order valence-electron chi connectivity index (χ1n) is 6.39. The van der Waals surface area contributed by atoms with Gasteiger partial charge in [-0.1, -0.05) is 15.9 Å². The van der Waals surface area contributed by atoms with Gasteiger partial charge in [-0.25, -0.2) is 0 Å². The molecule has 6 nitrogen and oxygen atoms in total. The first-order valence-corrected chi connectivity index (χ1v) is 7.18. The fourth-order valence-electron chi connectivity index (χ4n) is 1.72. The summed E-state index contributed by atoms with van der Waals surface area (Å²) in [6.07, 6.45) is 0. The average molecular weight is 365 g/mol. The van der Waals surface area contributed by atoms with E-state index in [1.54, 1.807) is 6.07 Å². The molecule has 0 aliphatic heterocycles. The van der Waals surface area contributed by atoms with Gasteiger partial charge >= 0.3 is 0 Å². The molecular weight excluding hydrogens is 352 g/mol. The van der Waals surface area contributed by atoms with Crippen LogP contribution >= 0.6 is 15.9 Å². The van der Waals surface area contributed by atoms with E-state index in [9.17, 15) is 14.9 Å². The van der Waals surface area contributed by atoms with Gasteiger partial charge in [0.15, 0.2) is 6.61 Å². The zero-order chi connectivity index (χ0) is 16.1. The van der Waals surface area contributed by atoms with E-state index in [0.29, 0.717) is 11.4 Å². The largest absolute Gasteiger partial charge is 0.484 e. The van der Waals surface area contributed by atoms with Gasteiger partial charge in [0.2, 0.25) is 0 Å². The van der Waals surface area contributed by atoms with Gasteiger partial charge in [0.1, 0.15) is 5.75 Å². The lowest BCUT2D eigenvalue weighted by Gasteiger charge is -2.08. The normalized spacial score (nSPS) is 10.1. The molecule has 1 amide bonds. The maximum absolute atomic E-state index is 11.8. The number of benzene rings is 2. The summed E-state index contributed by atoms with van der Waals surface area (Å²) in [5.41, 5.74) is 1.46. The van der Waals surface area contributed by atoms with Crippen LogP contribution in [0.1, 0.15) is 5.56 Å². The van der Waals surface area contributed by atoms with Gasteiger partial charge in [-0.05, 0) is 42.8 Å². The van der Waals surface area contributed by atoms with Crippen LogP contribution in [0, 0.1) is 17.0 Å². The van der Waals surface area contributed by atoms with Crippen LogP contribution in [0.5, 0.6) is 5.75 Å². The monoisotopic (exact) mass is 364 g/mol. The van der Waals surface area contributed by atoms with Crippen molar-refractivity contribution < 1.29 is 14.5 Å². The van der Waals surface area contributed by atoms with E-state index in [0.717, 1.165) is 10.0 Å². The summed E-state index contributed by atoms with van der Waals surface area (Å²) >= 11 is 3.39. The molecule has 2 aromatic rings. The molecule has 114 valence electrons. The molecule has 2 aromatic carbocycles. The van der Waals surface area contributed by atoms with Gasteiger partial charge in [-0.15, -0.1) is 0 Å². The minimum Gasteiger partial charge on any atom is -0.484 e. The van der Waals surface area contributed by atoms with E-state index < -0.39 is 4.92 Å². The number of nitrogens with zero attached hydrogens (tertiary/aromatic N) is 1. The van der Waals surface area contributed by atoms with Crippen LogP contribution < -0.4 is 10.1 Å². The third-order valence-electron chi connectivity index (χ3n) is 2.86. The number of anilines is 1. The Balaban J connectivity index is 1.89. The number of nitro groups is 1. The number of carbonyl (C=O) groups excluding carboxylic acids is 1. The molecule has 0 unspecified atom stereocenters. The lowest BCUT2D eigenvalue weighted by atomic mass is 10.2. The van der Waals surface area contributed by atoms with Crippen LogP contribution in [0.15, 0.2) is 46.9 Å². The molecule has 7 heteroatoms. The second-order valence-electron chi connectivity index (χ2n) is 4.55. The first-order chi connectivity index (χ1) is 10.5. The van der Waals surface area contributed by atoms with Crippen molar-refractivity contribution in [1.29, 1.82) is 0 Å². The van der Waals surface area contributed by atoms with Crippen molar-refractivity contribution in [2.24, 2.45) is 0 Å². The maximum Gasteiger partial charge on any atom is 0.269 e. The number of hydrogen-bond acceptors (Lipinski definition) is 4. The summed E-state index contributed by atoms with van der Waals surface area (Å²) in [6.45, 7) is 1.78. The molecule has 0 aliphatic rings. The molecule has 0 bridgehead atoms. The molecule has 0 aromatic heterocycles. The van der Waals surface area contributed by atoms with Gasteiger partial charge in [-0.2, -0.15) is 0 Å². The van der Waals surface area contributed by atoms with Crippen molar-refractivity contribution in [2.45, 2.75) is 6.92 Å². The zero-order valence-corrected chi connectivity index (χ0v) is 13.3. The van der Waals surface area contributed by atoms with Crippen LogP contribution in [-0.4, -0.2) is 17.4 Å². The molecule has 0 fully saturated rings. The fourth-order valence-corrected chi connectivity index (χ4v) is 1.97. The van der Waals surface area contributed by atoms with E-state index in [4.69, 9.17) is 4.74 Å². The van der Waals surface area contributed by atoms with Crippen molar-refractivity contribution in [3.8, 4) is 5.75 Å². The summed E-state index contributed by atoms with van der Waals surface area (Å²) in [6, 6.07) is 11.0. The molecule has 0 radical (unpaired) electrons. The molecule has 0 spiro atoms. The SMILES string of the molecule is Cc1cc(OCC(=O)Nc2ccc([N+](=O)[O-])cc2)ccc1Br. The topological polar surface area (TPSA) is 81.5 Å². The smallest absolute Gasteiger partial charge is 0.269 e. The summed E-state index contributed by atoms with van der Waals surface area (Å²) in [4.78, 5) is 21.8. The fraction of sp³-hybridized carbons (Fsp3) is 0.133. The van der Waals surface area contributed by atoms with Crippen molar-refractivity contribution in [3.63, 3.8) is 0 Å². The quantitative estimate of drug-likeness (QED) is 0.647. The van der Waals surface area contributed by atoms with Gasteiger partial charge in [0.25, 0.3) is 11.6 Å². The Labute approximate surface area is 135 Å². The van der Waals surface area contributed by atoms with Gasteiger partial charge in [0, 0.05) is 22.3 Å². The van der Waals surface area contributed by atoms with Crippen LogP contribution in [-0.2, 0) is 4.79 Å². The molecule has 0 saturated heterocycles. The van der Waals surface area contributed by atoms with E-state index in [1.807, 2.05) is 19.1 Å². The number of hydrogen-bond donors (Lipinski definition) is 1. The first kappa shape index (κ1) is 16.0. The van der Waals surface area contributed by atoms with E-state index in [1.165, 1.54) is 24.3 Å². The predicted octanol–water partition coefficient (Wildman–Crippen LogP) is 3.68. The highest BCUT2D eigenvalue weighted by atomic mass is 79.9. The number of nitrogens with one attached hydrogen (secondary N) is 1. The van der Waals surface area contributed by atoms with Crippen molar-refractivity contribution in [1.82, 2.24) is 0 Å². The van der Waals surface area contributed by atoms with E-state index in [-0.39, 0.29) is 18.2 Å². The highest BCUT2D eigenvalue weighted by Crippen LogP contribution is 2.21. The summed E-state index contributed by atoms with van der Waals surface area (Å²) in [7, 11) is 0. The molecule has 0 saturated carbocycles. The number of aryl methyl sites for hydroxylation is 1. The standard InChI is InChI=1S/C15H13BrN2O4/c1-10-8-13(6-7-14(10)16)22-9-15(19)17-11-2-4-12(5-3-11)18(20)21/h2-8H,9H2,1H3,(H,17,19). The van der Waals surface area contributed by atoms with Crippen LogP contribution in [0.4, 0.5) is 11.4 Å². The molecule has 1 N–H and O–H groups in total. The summed E-state index contributed by atoms with van der Waals surface area (Å²) < 4.78 is 6.36. The molecular formula is C15H13BrN2O4. The lowest BCUT2D eigenvalue weighted by molar-refractivity contribution is -0.384. The van der Waals surface area contributed by atoms with Gasteiger partial charge in [-0.3, -0.25) is 14.9 Å². The molecule has 0 atom stereocenters. The van der Waals surface area contributed by atoms with Crippen LogP contribution in [0.3, 0.4) is 0 Å². The second-order valence-corrected chi connectivity index (χ2v) is 5.41. The second kappa shape index (κ2) is 7.04. The lowest BCUT2D eigenvalue weighted by Crippen LogP contribution is -2.20. The Morgan fingerprint density at radius 3 is 2.55 bits per heavy atom. The number of carbonyl (C=O) groups is 1. The molecule has 2 rings (SSSR count). The van der Waals surface area contributed by atoms with Crippen molar-refractivity contribution in [2.75, 3.05) is 11.9 Å². The Kier molecular flexibility index (Phi) is 5.11. The Morgan fingerprint density at radius 2 is 1.95 bits per heavy atom. The number of ether oxygens (including phenoxy) is 1. The van der Waals surface area contributed by atoms with E-state index in [2.05, 4.69) is 21.2 Å². The van der Waals surface area contributed by atoms with Crippen molar-refractivity contribution >= 4 is 33.2 Å². The minimum absolute atomic E-state index is 0.0282. The number of rotatable bonds is 5. The highest BCUT2D eigenvalue weighted by Gasteiger charge is 2.07. The molecule has 22 heavy (non-hydrogen) atoms. The number of non-ortho nitro benzene ring substituents is 1. The Morgan fingerprint density at radius 1 is 1.27 bits per heavy atom. The van der Waals surface area contributed by atoms with Crippen LogP contribution in [0.25, 0.3) is 0 Å².